The molecule has 2 nitrogen and oxygen atoms in total. The Kier molecular flexibility index (Phi) is 4.42. The lowest BCUT2D eigenvalue weighted by Gasteiger charge is -2.13. The van der Waals surface area contributed by atoms with E-state index in [1.54, 1.807) is 11.3 Å². The minimum Gasteiger partial charge on any atom is -0.345 e. The van der Waals surface area contributed by atoms with Gasteiger partial charge in [0.15, 0.2) is 0 Å². The van der Waals surface area contributed by atoms with Crippen LogP contribution in [-0.4, -0.2) is 5.91 Å². The smallest absolute Gasteiger partial charge is 0.252 e. The van der Waals surface area contributed by atoms with Gasteiger partial charge in [0.2, 0.25) is 0 Å². The molecule has 0 spiro atoms. The molecule has 0 fully saturated rings. The van der Waals surface area contributed by atoms with E-state index in [-0.39, 0.29) is 11.9 Å². The van der Waals surface area contributed by atoms with Crippen LogP contribution in [0.2, 0.25) is 0 Å². The minimum absolute atomic E-state index is 0.0272. The lowest BCUT2D eigenvalue weighted by Crippen LogP contribution is -2.26. The summed E-state index contributed by atoms with van der Waals surface area (Å²) in [6, 6.07) is 9.91. The molecule has 1 amide bonds. The molecule has 1 aromatic carbocycles. The van der Waals surface area contributed by atoms with Crippen molar-refractivity contribution in [1.29, 1.82) is 0 Å². The Labute approximate surface area is 126 Å². The van der Waals surface area contributed by atoms with E-state index in [4.69, 9.17) is 0 Å². The highest BCUT2D eigenvalue weighted by Gasteiger charge is 2.14. The third kappa shape index (κ3) is 3.45. The molecule has 0 radical (unpaired) electrons. The fourth-order valence-corrected chi connectivity index (χ4v) is 3.39. The van der Waals surface area contributed by atoms with Crippen molar-refractivity contribution >= 4 is 33.2 Å². The van der Waals surface area contributed by atoms with Crippen molar-refractivity contribution in [3.8, 4) is 0 Å². The van der Waals surface area contributed by atoms with Crippen molar-refractivity contribution < 1.29 is 4.79 Å². The van der Waals surface area contributed by atoms with Gasteiger partial charge in [-0.05, 0) is 66.5 Å². The van der Waals surface area contributed by atoms with Gasteiger partial charge >= 0.3 is 0 Å². The van der Waals surface area contributed by atoms with Gasteiger partial charge in [-0.15, -0.1) is 11.3 Å². The van der Waals surface area contributed by atoms with Crippen LogP contribution in [0, 0.1) is 13.8 Å². The molecule has 0 saturated carbocycles. The third-order valence-electron chi connectivity index (χ3n) is 2.90. The van der Waals surface area contributed by atoms with Crippen LogP contribution in [0.3, 0.4) is 0 Å². The van der Waals surface area contributed by atoms with Gasteiger partial charge in [0, 0.05) is 14.2 Å². The Hall–Kier alpha value is -1.13. The summed E-state index contributed by atoms with van der Waals surface area (Å²) < 4.78 is 0.833. The highest BCUT2D eigenvalue weighted by molar-refractivity contribution is 9.10. The second-order valence-corrected chi connectivity index (χ2v) is 6.80. The number of rotatable bonds is 3. The molecule has 19 heavy (non-hydrogen) atoms. The molecule has 2 aromatic rings. The Morgan fingerprint density at radius 2 is 2.00 bits per heavy atom. The fourth-order valence-electron chi connectivity index (χ4n) is 1.84. The average molecular weight is 338 g/mol. The monoisotopic (exact) mass is 337 g/mol. The number of thiophene rings is 1. The zero-order valence-corrected chi connectivity index (χ0v) is 13.6. The summed E-state index contributed by atoms with van der Waals surface area (Å²) in [5.41, 5.74) is 1.80. The summed E-state index contributed by atoms with van der Waals surface area (Å²) in [4.78, 5) is 14.7. The minimum atomic E-state index is -0.0505. The molecule has 4 heteroatoms. The second-order valence-electron chi connectivity index (χ2n) is 4.63. The van der Waals surface area contributed by atoms with E-state index in [1.165, 1.54) is 9.75 Å². The van der Waals surface area contributed by atoms with Crippen LogP contribution in [0.5, 0.6) is 0 Å². The molecule has 1 heterocycles. The average Bonchev–Trinajstić information content (AvgIpc) is 2.75. The topological polar surface area (TPSA) is 29.1 Å². The van der Waals surface area contributed by atoms with E-state index in [9.17, 15) is 4.79 Å². The van der Waals surface area contributed by atoms with Gasteiger partial charge in [0.1, 0.15) is 0 Å². The molecular weight excluding hydrogens is 322 g/mol. The molecular formula is C15H16BrNOS. The maximum atomic E-state index is 12.2. The van der Waals surface area contributed by atoms with Gasteiger partial charge in [-0.1, -0.05) is 6.07 Å². The summed E-state index contributed by atoms with van der Waals surface area (Å²) in [5.74, 6) is -0.0505. The van der Waals surface area contributed by atoms with Crippen molar-refractivity contribution in [2.24, 2.45) is 0 Å². The Morgan fingerprint density at radius 3 is 2.58 bits per heavy atom. The summed E-state index contributed by atoms with van der Waals surface area (Å²) in [5, 5.41) is 3.03. The van der Waals surface area contributed by atoms with Crippen LogP contribution < -0.4 is 5.32 Å². The van der Waals surface area contributed by atoms with Gasteiger partial charge < -0.3 is 5.32 Å². The Bertz CT molecular complexity index is 606. The molecule has 1 aromatic heterocycles. The summed E-state index contributed by atoms with van der Waals surface area (Å²) in [6.45, 7) is 6.08. The first-order chi connectivity index (χ1) is 8.97. The fraction of sp³-hybridized carbons (Fsp3) is 0.267. The molecule has 1 unspecified atom stereocenters. The van der Waals surface area contributed by atoms with Crippen LogP contribution >= 0.6 is 27.3 Å². The largest absolute Gasteiger partial charge is 0.345 e. The number of carbonyl (C=O) groups is 1. The first-order valence-electron chi connectivity index (χ1n) is 6.10. The highest BCUT2D eigenvalue weighted by Crippen LogP contribution is 2.24. The first kappa shape index (κ1) is 14.3. The van der Waals surface area contributed by atoms with E-state index in [2.05, 4.69) is 40.3 Å². The summed E-state index contributed by atoms with van der Waals surface area (Å²) in [6.07, 6.45) is 0. The number of aryl methyl sites for hydroxylation is 2. The van der Waals surface area contributed by atoms with Crippen molar-refractivity contribution in [2.75, 3.05) is 0 Å². The van der Waals surface area contributed by atoms with Gasteiger partial charge in [0.05, 0.1) is 11.6 Å². The molecule has 0 aliphatic carbocycles. The number of nitrogens with one attached hydrogen (secondary N) is 1. The van der Waals surface area contributed by atoms with Crippen LogP contribution in [0.15, 0.2) is 34.8 Å². The lowest BCUT2D eigenvalue weighted by atomic mass is 10.1. The number of hydrogen-bond donors (Lipinski definition) is 1. The molecule has 0 bridgehead atoms. The van der Waals surface area contributed by atoms with Crippen LogP contribution in [0.1, 0.15) is 38.6 Å². The maximum absolute atomic E-state index is 12.2. The maximum Gasteiger partial charge on any atom is 0.252 e. The van der Waals surface area contributed by atoms with Gasteiger partial charge in [-0.3, -0.25) is 4.79 Å². The van der Waals surface area contributed by atoms with Crippen molar-refractivity contribution in [3.63, 3.8) is 0 Å². The lowest BCUT2D eigenvalue weighted by molar-refractivity contribution is 0.0939. The molecule has 1 N–H and O–H groups in total. The first-order valence-corrected chi connectivity index (χ1v) is 7.71. The van der Waals surface area contributed by atoms with E-state index < -0.39 is 0 Å². The SMILES string of the molecule is Cc1ccc(C(=O)NC(C)c2ccc(C)s2)c(Br)c1. The van der Waals surface area contributed by atoms with Gasteiger partial charge in [-0.2, -0.15) is 0 Å². The molecule has 0 aliphatic heterocycles. The molecule has 1 atom stereocenters. The number of benzene rings is 1. The third-order valence-corrected chi connectivity index (χ3v) is 4.74. The predicted octanol–water partition coefficient (Wildman–Crippen LogP) is 4.62. The Morgan fingerprint density at radius 1 is 1.26 bits per heavy atom. The van der Waals surface area contributed by atoms with E-state index >= 15 is 0 Å². The van der Waals surface area contributed by atoms with E-state index in [0.29, 0.717) is 5.56 Å². The van der Waals surface area contributed by atoms with Crippen LogP contribution in [0.25, 0.3) is 0 Å². The molecule has 0 aliphatic rings. The highest BCUT2D eigenvalue weighted by atomic mass is 79.9. The van der Waals surface area contributed by atoms with Crippen molar-refractivity contribution in [3.05, 3.63) is 55.7 Å². The van der Waals surface area contributed by atoms with E-state index in [0.717, 1.165) is 10.0 Å². The number of halogens is 1. The van der Waals surface area contributed by atoms with Gasteiger partial charge in [0.25, 0.3) is 5.91 Å². The molecule has 2 rings (SSSR count). The second kappa shape index (κ2) is 5.88. The zero-order chi connectivity index (χ0) is 14.0. The normalized spacial score (nSPS) is 12.2. The molecule has 0 saturated heterocycles. The Balaban J connectivity index is 2.12. The predicted molar refractivity (Wildman–Crippen MR) is 83.8 cm³/mol. The van der Waals surface area contributed by atoms with Crippen molar-refractivity contribution in [2.45, 2.75) is 26.8 Å². The van der Waals surface area contributed by atoms with Gasteiger partial charge in [-0.25, -0.2) is 0 Å². The zero-order valence-electron chi connectivity index (χ0n) is 11.2. The standard InChI is InChI=1S/C15H16BrNOS/c1-9-4-6-12(13(16)8-9)15(18)17-11(3)14-7-5-10(2)19-14/h4-8,11H,1-3H3,(H,17,18). The summed E-state index contributed by atoms with van der Waals surface area (Å²) >= 11 is 5.15. The number of carbonyl (C=O) groups excluding carboxylic acids is 1. The van der Waals surface area contributed by atoms with Crippen LogP contribution in [-0.2, 0) is 0 Å². The van der Waals surface area contributed by atoms with Crippen LogP contribution in [0.4, 0.5) is 0 Å². The summed E-state index contributed by atoms with van der Waals surface area (Å²) in [7, 11) is 0. The number of hydrogen-bond acceptors (Lipinski definition) is 2. The van der Waals surface area contributed by atoms with Crippen molar-refractivity contribution in [1.82, 2.24) is 5.32 Å². The van der Waals surface area contributed by atoms with E-state index in [1.807, 2.05) is 32.0 Å². The number of amides is 1. The quantitative estimate of drug-likeness (QED) is 0.869. The molecule has 100 valence electrons.